The van der Waals surface area contributed by atoms with Gasteiger partial charge in [0.05, 0.1) is 10.7 Å². The van der Waals surface area contributed by atoms with Gasteiger partial charge in [0, 0.05) is 51.2 Å². The molecule has 0 spiro atoms. The fourth-order valence-electron chi connectivity index (χ4n) is 2.80. The Morgan fingerprint density at radius 1 is 1.10 bits per heavy atom. The third-order valence-electron chi connectivity index (χ3n) is 4.05. The van der Waals surface area contributed by atoms with Crippen molar-refractivity contribution in [2.45, 2.75) is 54.5 Å². The minimum atomic E-state index is 0.686. The van der Waals surface area contributed by atoms with Crippen LogP contribution in [0, 0.1) is 0 Å². The summed E-state index contributed by atoms with van der Waals surface area (Å²) in [4.78, 5) is 11.2. The maximum Gasteiger partial charge on any atom is 0.173 e. The highest BCUT2D eigenvalue weighted by molar-refractivity contribution is 9.10. The van der Waals surface area contributed by atoms with Crippen LogP contribution in [0.2, 0.25) is 0 Å². The molecule has 2 N–H and O–H groups in total. The van der Waals surface area contributed by atoms with Crippen LogP contribution in [0.5, 0.6) is 0 Å². The summed E-state index contributed by atoms with van der Waals surface area (Å²) in [7, 11) is 0. The standard InChI is InChI=1S/C16H18BrN7.C3H8.2C2H6/c17-13-11-21-24-14(20-10-12-2-1-3-19-9-12)8-15(22-16(13)24)23-6-4-18-5-7-23;1-3-2;2*1-2/h1-3,8-9,11,18,20H,4-7,10H2;3H2,1-2H3;2*1-2H3. The third-order valence-corrected chi connectivity index (χ3v) is 4.61. The van der Waals surface area contributed by atoms with Gasteiger partial charge in [-0.3, -0.25) is 4.98 Å². The summed E-state index contributed by atoms with van der Waals surface area (Å²) in [6.07, 6.45) is 6.67. The number of nitrogens with one attached hydrogen (secondary N) is 2. The van der Waals surface area contributed by atoms with E-state index in [1.807, 2.05) is 44.5 Å². The Bertz CT molecular complexity index is 846. The van der Waals surface area contributed by atoms with Crippen LogP contribution in [0.25, 0.3) is 5.65 Å². The number of aromatic nitrogens is 4. The number of fused-ring (bicyclic) bond motifs is 1. The molecule has 3 aromatic rings. The molecule has 1 saturated heterocycles. The van der Waals surface area contributed by atoms with Crippen LogP contribution in [-0.4, -0.2) is 45.8 Å². The predicted octanol–water partition coefficient (Wildman–Crippen LogP) is 5.38. The summed E-state index contributed by atoms with van der Waals surface area (Å²) in [5, 5.41) is 11.2. The van der Waals surface area contributed by atoms with E-state index >= 15 is 0 Å². The van der Waals surface area contributed by atoms with Gasteiger partial charge in [0.25, 0.3) is 0 Å². The lowest BCUT2D eigenvalue weighted by Gasteiger charge is -2.28. The fraction of sp³-hybridized carbons (Fsp3) is 0.522. The van der Waals surface area contributed by atoms with Gasteiger partial charge in [-0.15, -0.1) is 0 Å². The molecule has 8 heteroatoms. The zero-order valence-corrected chi connectivity index (χ0v) is 21.4. The van der Waals surface area contributed by atoms with Gasteiger partial charge in [0.1, 0.15) is 11.6 Å². The van der Waals surface area contributed by atoms with Crippen LogP contribution in [0.3, 0.4) is 0 Å². The summed E-state index contributed by atoms with van der Waals surface area (Å²) in [6.45, 7) is 16.8. The maximum absolute atomic E-state index is 4.77. The van der Waals surface area contributed by atoms with E-state index < -0.39 is 0 Å². The summed E-state index contributed by atoms with van der Waals surface area (Å²) in [5.41, 5.74) is 1.94. The smallest absolute Gasteiger partial charge is 0.173 e. The van der Waals surface area contributed by atoms with E-state index in [1.54, 1.807) is 12.4 Å². The Kier molecular flexibility index (Phi) is 13.5. The minimum Gasteiger partial charge on any atom is -0.366 e. The molecule has 31 heavy (non-hydrogen) atoms. The van der Waals surface area contributed by atoms with Crippen LogP contribution >= 0.6 is 15.9 Å². The van der Waals surface area contributed by atoms with Crippen molar-refractivity contribution in [1.29, 1.82) is 0 Å². The number of rotatable bonds is 4. The van der Waals surface area contributed by atoms with Gasteiger partial charge < -0.3 is 15.5 Å². The first-order valence-electron chi connectivity index (χ1n) is 11.4. The van der Waals surface area contributed by atoms with E-state index in [9.17, 15) is 0 Å². The van der Waals surface area contributed by atoms with E-state index in [-0.39, 0.29) is 0 Å². The molecule has 1 aliphatic heterocycles. The molecule has 0 bridgehead atoms. The molecule has 0 aliphatic carbocycles. The topological polar surface area (TPSA) is 70.4 Å². The Morgan fingerprint density at radius 2 is 1.77 bits per heavy atom. The first kappa shape index (κ1) is 26.8. The van der Waals surface area contributed by atoms with Crippen molar-refractivity contribution in [2.24, 2.45) is 0 Å². The number of pyridine rings is 1. The van der Waals surface area contributed by atoms with Crippen LogP contribution in [-0.2, 0) is 6.54 Å². The van der Waals surface area contributed by atoms with Crippen molar-refractivity contribution in [2.75, 3.05) is 36.4 Å². The summed E-state index contributed by atoms with van der Waals surface area (Å²) in [6, 6.07) is 6.05. The Morgan fingerprint density at radius 3 is 2.39 bits per heavy atom. The third kappa shape index (κ3) is 8.10. The summed E-state index contributed by atoms with van der Waals surface area (Å²) in [5.74, 6) is 1.89. The monoisotopic (exact) mass is 491 g/mol. The SMILES string of the molecule is Brc1cnn2c(NCc3cccnc3)cc(N3CCNCC3)nc12.CC.CC.CCC. The number of hydrogen-bond acceptors (Lipinski definition) is 6. The van der Waals surface area contributed by atoms with E-state index in [1.165, 1.54) is 6.42 Å². The molecular formula is C23H38BrN7. The van der Waals surface area contributed by atoms with Crippen molar-refractivity contribution >= 4 is 33.2 Å². The molecule has 3 aromatic heterocycles. The molecule has 4 rings (SSSR count). The minimum absolute atomic E-state index is 0.686. The van der Waals surface area contributed by atoms with Crippen molar-refractivity contribution < 1.29 is 0 Å². The largest absolute Gasteiger partial charge is 0.366 e. The van der Waals surface area contributed by atoms with Crippen LogP contribution in [0.4, 0.5) is 11.6 Å². The molecule has 0 atom stereocenters. The van der Waals surface area contributed by atoms with E-state index in [0.29, 0.717) is 6.54 Å². The predicted molar refractivity (Wildman–Crippen MR) is 136 cm³/mol. The fourth-order valence-corrected chi connectivity index (χ4v) is 3.15. The highest BCUT2D eigenvalue weighted by Gasteiger charge is 2.16. The molecule has 0 aromatic carbocycles. The zero-order chi connectivity index (χ0) is 23.1. The molecule has 0 unspecified atom stereocenters. The number of piperazine rings is 1. The summed E-state index contributed by atoms with van der Waals surface area (Å²) < 4.78 is 2.72. The molecule has 172 valence electrons. The quantitative estimate of drug-likeness (QED) is 0.510. The van der Waals surface area contributed by atoms with Crippen LogP contribution in [0.1, 0.15) is 53.5 Å². The first-order valence-corrected chi connectivity index (χ1v) is 12.1. The average molecular weight is 493 g/mol. The first-order chi connectivity index (χ1) is 15.2. The molecule has 1 aliphatic rings. The van der Waals surface area contributed by atoms with E-state index in [2.05, 4.69) is 67.5 Å². The highest BCUT2D eigenvalue weighted by atomic mass is 79.9. The lowest BCUT2D eigenvalue weighted by atomic mass is 10.3. The highest BCUT2D eigenvalue weighted by Crippen LogP contribution is 2.25. The van der Waals surface area contributed by atoms with Gasteiger partial charge in [0.15, 0.2) is 5.65 Å². The van der Waals surface area contributed by atoms with Crippen LogP contribution < -0.4 is 15.5 Å². The Hall–Kier alpha value is -2.19. The molecule has 1 fully saturated rings. The number of anilines is 2. The van der Waals surface area contributed by atoms with Crippen molar-refractivity contribution in [3.8, 4) is 0 Å². The number of halogens is 1. The molecular weight excluding hydrogens is 454 g/mol. The van der Waals surface area contributed by atoms with Gasteiger partial charge in [-0.05, 0) is 27.6 Å². The Balaban J connectivity index is 0.000000620. The Labute approximate surface area is 195 Å². The van der Waals surface area contributed by atoms with Crippen molar-refractivity contribution in [1.82, 2.24) is 24.9 Å². The van der Waals surface area contributed by atoms with Gasteiger partial charge in [0.2, 0.25) is 0 Å². The van der Waals surface area contributed by atoms with Gasteiger partial charge in [-0.25, -0.2) is 4.98 Å². The van der Waals surface area contributed by atoms with E-state index in [4.69, 9.17) is 4.98 Å². The second kappa shape index (κ2) is 15.6. The zero-order valence-electron chi connectivity index (χ0n) is 19.8. The summed E-state index contributed by atoms with van der Waals surface area (Å²) >= 11 is 3.54. The molecule has 0 saturated carbocycles. The van der Waals surface area contributed by atoms with Crippen molar-refractivity contribution in [3.05, 3.63) is 46.8 Å². The molecule has 4 heterocycles. The number of hydrogen-bond donors (Lipinski definition) is 2. The normalized spacial score (nSPS) is 12.5. The second-order valence-electron chi connectivity index (χ2n) is 6.39. The molecule has 0 radical (unpaired) electrons. The molecule has 0 amide bonds. The maximum atomic E-state index is 4.77. The molecule has 7 nitrogen and oxygen atoms in total. The van der Waals surface area contributed by atoms with Gasteiger partial charge in [-0.2, -0.15) is 9.61 Å². The lowest BCUT2D eigenvalue weighted by Crippen LogP contribution is -2.44. The van der Waals surface area contributed by atoms with Gasteiger partial charge in [-0.1, -0.05) is 54.0 Å². The average Bonchev–Trinajstić information content (AvgIpc) is 3.22. The van der Waals surface area contributed by atoms with Crippen LogP contribution in [0.15, 0.2) is 41.3 Å². The second-order valence-corrected chi connectivity index (χ2v) is 7.24. The van der Waals surface area contributed by atoms with Gasteiger partial charge >= 0.3 is 0 Å². The lowest BCUT2D eigenvalue weighted by molar-refractivity contribution is 0.585. The number of nitrogens with zero attached hydrogens (tertiary/aromatic N) is 5. The van der Waals surface area contributed by atoms with E-state index in [0.717, 1.165) is 53.5 Å². The van der Waals surface area contributed by atoms with Crippen molar-refractivity contribution in [3.63, 3.8) is 0 Å².